The van der Waals surface area contributed by atoms with Crippen molar-refractivity contribution in [2.75, 3.05) is 0 Å². The van der Waals surface area contributed by atoms with Gasteiger partial charge in [-0.25, -0.2) is 4.98 Å². The molecular weight excluding hydrogens is 247 g/mol. The normalized spacial score (nSPS) is 11.8. The summed E-state index contributed by atoms with van der Waals surface area (Å²) in [6, 6.07) is 4.80. The molecule has 0 saturated carbocycles. The minimum absolute atomic E-state index is 0.250. The third-order valence-electron chi connectivity index (χ3n) is 2.39. The molecule has 0 spiro atoms. The Morgan fingerprint density at radius 1 is 1.17 bits per heavy atom. The van der Waals surface area contributed by atoms with Crippen molar-refractivity contribution >= 4 is 0 Å². The number of oxazole rings is 1. The summed E-state index contributed by atoms with van der Waals surface area (Å²) >= 11 is 0. The topological polar surface area (TPSA) is 46.3 Å². The first-order chi connectivity index (χ1) is 8.49. The predicted molar refractivity (Wildman–Crippen MR) is 56.7 cm³/mol. The highest BCUT2D eigenvalue weighted by molar-refractivity contribution is 5.26. The van der Waals surface area contributed by atoms with Crippen LogP contribution in [-0.2, 0) is 19.2 Å². The van der Waals surface area contributed by atoms with Crippen LogP contribution in [0.4, 0.5) is 13.2 Å². The fourth-order valence-electron chi connectivity index (χ4n) is 1.49. The van der Waals surface area contributed by atoms with E-state index in [9.17, 15) is 13.2 Å². The Labute approximate surface area is 101 Å². The summed E-state index contributed by atoms with van der Waals surface area (Å²) in [4.78, 5) is 3.90. The first-order valence-corrected chi connectivity index (χ1v) is 5.19. The summed E-state index contributed by atoms with van der Waals surface area (Å²) in [7, 11) is 0. The Morgan fingerprint density at radius 2 is 1.83 bits per heavy atom. The van der Waals surface area contributed by atoms with Gasteiger partial charge in [-0.2, -0.15) is 13.2 Å². The summed E-state index contributed by atoms with van der Waals surface area (Å²) in [5.41, 5.74) is -0.0240. The van der Waals surface area contributed by atoms with E-state index in [4.69, 9.17) is 9.52 Å². The van der Waals surface area contributed by atoms with Gasteiger partial charge in [0.05, 0.1) is 11.8 Å². The molecule has 1 heterocycles. The Kier molecular flexibility index (Phi) is 3.38. The van der Waals surface area contributed by atoms with Gasteiger partial charge in [0, 0.05) is 6.42 Å². The molecule has 0 radical (unpaired) electrons. The van der Waals surface area contributed by atoms with Crippen LogP contribution in [0.1, 0.15) is 22.8 Å². The second-order valence-corrected chi connectivity index (χ2v) is 3.75. The smallest absolute Gasteiger partial charge is 0.416 e. The van der Waals surface area contributed by atoms with Crippen molar-refractivity contribution < 1.29 is 22.7 Å². The molecule has 6 heteroatoms. The van der Waals surface area contributed by atoms with Gasteiger partial charge in [0.1, 0.15) is 12.4 Å². The van der Waals surface area contributed by atoms with Crippen molar-refractivity contribution in [3.8, 4) is 0 Å². The lowest BCUT2D eigenvalue weighted by Crippen LogP contribution is -2.04. The van der Waals surface area contributed by atoms with Gasteiger partial charge < -0.3 is 9.52 Å². The Bertz CT molecular complexity index is 517. The zero-order chi connectivity index (χ0) is 13.2. The van der Waals surface area contributed by atoms with E-state index < -0.39 is 11.7 Å². The standard InChI is InChI=1S/C12H10F3NO2/c13-12(14,15)9-3-1-8(2-4-9)5-11-16-6-10(7-17)18-11/h1-4,6,17H,5,7H2. The number of nitrogens with zero attached hydrogens (tertiary/aromatic N) is 1. The van der Waals surface area contributed by atoms with Crippen molar-refractivity contribution in [3.05, 3.63) is 53.2 Å². The molecule has 0 aliphatic heterocycles. The Morgan fingerprint density at radius 3 is 2.33 bits per heavy atom. The molecule has 0 atom stereocenters. The van der Waals surface area contributed by atoms with Crippen molar-refractivity contribution in [1.29, 1.82) is 0 Å². The molecule has 0 amide bonds. The predicted octanol–water partition coefficient (Wildman–Crippen LogP) is 2.78. The van der Waals surface area contributed by atoms with E-state index in [1.54, 1.807) is 0 Å². The van der Waals surface area contributed by atoms with Crippen LogP contribution >= 0.6 is 0 Å². The lowest BCUT2D eigenvalue weighted by molar-refractivity contribution is -0.137. The molecule has 18 heavy (non-hydrogen) atoms. The fourth-order valence-corrected chi connectivity index (χ4v) is 1.49. The molecule has 0 aliphatic rings. The van der Waals surface area contributed by atoms with Crippen molar-refractivity contribution in [3.63, 3.8) is 0 Å². The van der Waals surface area contributed by atoms with Crippen LogP contribution in [0, 0.1) is 0 Å². The van der Waals surface area contributed by atoms with Gasteiger partial charge in [0.15, 0.2) is 5.89 Å². The summed E-state index contributed by atoms with van der Waals surface area (Å²) in [5.74, 6) is 0.690. The van der Waals surface area contributed by atoms with Gasteiger partial charge in [-0.05, 0) is 17.7 Å². The maximum absolute atomic E-state index is 12.3. The van der Waals surface area contributed by atoms with E-state index in [-0.39, 0.29) is 13.0 Å². The van der Waals surface area contributed by atoms with E-state index >= 15 is 0 Å². The van der Waals surface area contributed by atoms with Gasteiger partial charge in [0.25, 0.3) is 0 Å². The van der Waals surface area contributed by atoms with Gasteiger partial charge in [0.2, 0.25) is 0 Å². The van der Waals surface area contributed by atoms with E-state index in [0.717, 1.165) is 12.1 Å². The van der Waals surface area contributed by atoms with E-state index in [1.807, 2.05) is 0 Å². The summed E-state index contributed by atoms with van der Waals surface area (Å²) < 4.78 is 42.2. The maximum atomic E-state index is 12.3. The largest absolute Gasteiger partial charge is 0.443 e. The van der Waals surface area contributed by atoms with Crippen molar-refractivity contribution in [1.82, 2.24) is 4.98 Å². The molecule has 2 rings (SSSR count). The second kappa shape index (κ2) is 4.81. The zero-order valence-corrected chi connectivity index (χ0v) is 9.24. The molecule has 1 aromatic heterocycles. The lowest BCUT2D eigenvalue weighted by atomic mass is 10.1. The van der Waals surface area contributed by atoms with Crippen LogP contribution in [-0.4, -0.2) is 10.1 Å². The van der Waals surface area contributed by atoms with Gasteiger partial charge in [-0.15, -0.1) is 0 Å². The highest BCUT2D eigenvalue weighted by Gasteiger charge is 2.29. The third-order valence-corrected chi connectivity index (χ3v) is 2.39. The molecule has 0 aliphatic carbocycles. The molecule has 3 nitrogen and oxygen atoms in total. The average molecular weight is 257 g/mol. The Hall–Kier alpha value is -1.82. The van der Waals surface area contributed by atoms with Crippen molar-refractivity contribution in [2.45, 2.75) is 19.2 Å². The number of hydrogen-bond donors (Lipinski definition) is 1. The number of benzene rings is 1. The number of hydrogen-bond acceptors (Lipinski definition) is 3. The third kappa shape index (κ3) is 2.89. The SMILES string of the molecule is OCc1cnc(Cc2ccc(C(F)(F)F)cc2)o1. The molecule has 1 N–H and O–H groups in total. The van der Waals surface area contributed by atoms with Gasteiger partial charge in [-0.1, -0.05) is 12.1 Å². The number of aliphatic hydroxyl groups is 1. The molecule has 96 valence electrons. The zero-order valence-electron chi connectivity index (χ0n) is 9.24. The quantitative estimate of drug-likeness (QED) is 0.919. The monoisotopic (exact) mass is 257 g/mol. The first-order valence-electron chi connectivity index (χ1n) is 5.19. The molecule has 2 aromatic rings. The van der Waals surface area contributed by atoms with E-state index in [2.05, 4.69) is 4.98 Å². The van der Waals surface area contributed by atoms with E-state index in [0.29, 0.717) is 17.2 Å². The molecular formula is C12H10F3NO2. The van der Waals surface area contributed by atoms with Crippen LogP contribution in [0.15, 0.2) is 34.9 Å². The first kappa shape index (κ1) is 12.6. The summed E-state index contributed by atoms with van der Waals surface area (Å²) in [6.07, 6.45) is -2.65. The van der Waals surface area contributed by atoms with Crippen LogP contribution in [0.5, 0.6) is 0 Å². The highest BCUT2D eigenvalue weighted by atomic mass is 19.4. The van der Waals surface area contributed by atoms with Gasteiger partial charge in [-0.3, -0.25) is 0 Å². The Balaban J connectivity index is 2.11. The summed E-state index contributed by atoms with van der Waals surface area (Å²) in [6.45, 7) is -0.250. The fraction of sp³-hybridized carbons (Fsp3) is 0.250. The van der Waals surface area contributed by atoms with Crippen molar-refractivity contribution in [2.24, 2.45) is 0 Å². The number of alkyl halides is 3. The number of aromatic nitrogens is 1. The second-order valence-electron chi connectivity index (χ2n) is 3.75. The molecule has 0 unspecified atom stereocenters. The van der Waals surface area contributed by atoms with Crippen LogP contribution in [0.3, 0.4) is 0 Å². The number of aliphatic hydroxyl groups excluding tert-OH is 1. The molecule has 0 bridgehead atoms. The van der Waals surface area contributed by atoms with Crippen LogP contribution < -0.4 is 0 Å². The average Bonchev–Trinajstić information content (AvgIpc) is 2.76. The molecule has 0 saturated heterocycles. The van der Waals surface area contributed by atoms with Crippen LogP contribution in [0.25, 0.3) is 0 Å². The lowest BCUT2D eigenvalue weighted by Gasteiger charge is -2.06. The van der Waals surface area contributed by atoms with Gasteiger partial charge >= 0.3 is 6.18 Å². The highest BCUT2D eigenvalue weighted by Crippen LogP contribution is 2.29. The van der Waals surface area contributed by atoms with E-state index in [1.165, 1.54) is 18.3 Å². The van der Waals surface area contributed by atoms with Crippen LogP contribution in [0.2, 0.25) is 0 Å². The number of halogens is 3. The maximum Gasteiger partial charge on any atom is 0.416 e. The minimum Gasteiger partial charge on any atom is -0.443 e. The minimum atomic E-state index is -4.33. The number of rotatable bonds is 3. The summed E-state index contributed by atoms with van der Waals surface area (Å²) in [5, 5.41) is 8.78. The molecule has 1 aromatic carbocycles. The molecule has 0 fully saturated rings.